The van der Waals surface area contributed by atoms with Crippen molar-refractivity contribution in [1.29, 1.82) is 0 Å². The summed E-state index contributed by atoms with van der Waals surface area (Å²) in [5.74, 6) is 0.605. The van der Waals surface area contributed by atoms with Crippen LogP contribution in [0.4, 0.5) is 0 Å². The van der Waals surface area contributed by atoms with Crippen molar-refractivity contribution in [2.75, 3.05) is 5.75 Å². The zero-order valence-electron chi connectivity index (χ0n) is 14.3. The lowest BCUT2D eigenvalue weighted by molar-refractivity contribution is 0.186. The van der Waals surface area contributed by atoms with Crippen LogP contribution in [0.3, 0.4) is 0 Å². The molecule has 1 atom stereocenters. The monoisotopic (exact) mass is 383 g/mol. The van der Waals surface area contributed by atoms with Crippen LogP contribution in [0.1, 0.15) is 28.1 Å². The summed E-state index contributed by atoms with van der Waals surface area (Å²) in [5, 5.41) is 4.38. The first-order chi connectivity index (χ1) is 11.7. The number of nitrogens with zero attached hydrogens (tertiary/aromatic N) is 2. The molecule has 3 rings (SSSR count). The summed E-state index contributed by atoms with van der Waals surface area (Å²) < 4.78 is 30.6. The molecule has 0 bridgehead atoms. The highest BCUT2D eigenvalue weighted by Gasteiger charge is 2.30. The third-order valence-electron chi connectivity index (χ3n) is 3.98. The van der Waals surface area contributed by atoms with Crippen molar-refractivity contribution in [3.8, 4) is 0 Å². The molecule has 7 nitrogen and oxygen atoms in total. The zero-order chi connectivity index (χ0) is 18.4. The number of aryl methyl sites for hydroxylation is 4. The van der Waals surface area contributed by atoms with Gasteiger partial charge in [-0.1, -0.05) is 16.8 Å². The van der Waals surface area contributed by atoms with Gasteiger partial charge in [0.1, 0.15) is 11.3 Å². The van der Waals surface area contributed by atoms with Crippen LogP contribution in [0, 0.1) is 27.7 Å². The van der Waals surface area contributed by atoms with E-state index in [0.29, 0.717) is 33.2 Å². The van der Waals surface area contributed by atoms with Crippen LogP contribution in [-0.2, 0) is 14.7 Å². The topological polar surface area (TPSA) is 93.8 Å². The minimum absolute atomic E-state index is 0.234. The van der Waals surface area contributed by atoms with Crippen LogP contribution in [-0.4, -0.2) is 31.4 Å². The molecule has 0 aliphatic carbocycles. The van der Waals surface area contributed by atoms with E-state index < -0.39 is 16.0 Å². The minimum atomic E-state index is -3.57. The maximum Gasteiger partial charge on any atom is 0.247 e. The van der Waals surface area contributed by atoms with Gasteiger partial charge in [0.25, 0.3) is 0 Å². The number of hydrogen-bond acceptors (Lipinski definition) is 7. The molecule has 2 heterocycles. The van der Waals surface area contributed by atoms with Gasteiger partial charge in [-0.05, 0) is 51.0 Å². The molecule has 0 saturated carbocycles. The largest absolute Gasteiger partial charge is 0.386 e. The van der Waals surface area contributed by atoms with E-state index in [1.165, 1.54) is 0 Å². The van der Waals surface area contributed by atoms with Gasteiger partial charge in [-0.25, -0.2) is 13.4 Å². The summed E-state index contributed by atoms with van der Waals surface area (Å²) in [6, 6.07) is 3.24. The molecule has 1 N–H and O–H groups in total. The van der Waals surface area contributed by atoms with Crippen LogP contribution in [0.2, 0.25) is 5.02 Å². The Kier molecular flexibility index (Phi) is 4.61. The number of nitrogens with one attached hydrogen (secondary N) is 1. The van der Waals surface area contributed by atoms with Gasteiger partial charge in [0, 0.05) is 5.02 Å². The van der Waals surface area contributed by atoms with E-state index in [-0.39, 0.29) is 16.5 Å². The van der Waals surface area contributed by atoms with Crippen LogP contribution in [0.15, 0.2) is 26.5 Å². The lowest BCUT2D eigenvalue weighted by Crippen LogP contribution is -2.30. The molecule has 25 heavy (non-hydrogen) atoms. The van der Waals surface area contributed by atoms with Gasteiger partial charge >= 0.3 is 0 Å². The molecule has 0 fully saturated rings. The van der Waals surface area contributed by atoms with Crippen LogP contribution < -0.4 is 5.48 Å². The van der Waals surface area contributed by atoms with E-state index in [1.54, 1.807) is 39.8 Å². The van der Waals surface area contributed by atoms with Crippen molar-refractivity contribution in [2.45, 2.75) is 38.8 Å². The standard InChI is InChI=1S/C16H18ClN3O4S/c1-8-6-13(9(2)5-12(8)17)25(21,22)7-14-18-16(24-20-14)15-10(3)19-23-11(15)4/h5-6,14,20H,7H2,1-4H3. The maximum atomic E-state index is 12.8. The average molecular weight is 384 g/mol. The molecule has 1 unspecified atom stereocenters. The Balaban J connectivity index is 1.87. The second-order valence-electron chi connectivity index (χ2n) is 6.02. The predicted octanol–water partition coefficient (Wildman–Crippen LogP) is 2.64. The summed E-state index contributed by atoms with van der Waals surface area (Å²) in [4.78, 5) is 9.90. The van der Waals surface area contributed by atoms with Crippen molar-refractivity contribution in [3.05, 3.63) is 45.3 Å². The number of aromatic nitrogens is 1. The quantitative estimate of drug-likeness (QED) is 0.872. The number of sulfone groups is 1. The van der Waals surface area contributed by atoms with Crippen molar-refractivity contribution in [2.24, 2.45) is 4.99 Å². The van der Waals surface area contributed by atoms with Crippen LogP contribution in [0.25, 0.3) is 0 Å². The molecular formula is C16H18ClN3O4S. The molecule has 0 amide bonds. The molecular weight excluding hydrogens is 366 g/mol. The molecule has 2 aromatic rings. The molecule has 1 aliphatic heterocycles. The molecule has 0 radical (unpaired) electrons. The van der Waals surface area contributed by atoms with Crippen LogP contribution in [0.5, 0.6) is 0 Å². The van der Waals surface area contributed by atoms with Gasteiger partial charge in [-0.3, -0.25) is 0 Å². The highest BCUT2D eigenvalue weighted by Crippen LogP contribution is 2.26. The Morgan fingerprint density at radius 1 is 1.20 bits per heavy atom. The Hall–Kier alpha value is -1.90. The van der Waals surface area contributed by atoms with Gasteiger partial charge in [0.15, 0.2) is 16.0 Å². The summed E-state index contributed by atoms with van der Waals surface area (Å²) in [5.41, 5.74) is 5.21. The van der Waals surface area contributed by atoms with Crippen molar-refractivity contribution in [1.82, 2.24) is 10.6 Å². The van der Waals surface area contributed by atoms with Gasteiger partial charge in [-0.15, -0.1) is 5.48 Å². The zero-order valence-corrected chi connectivity index (χ0v) is 15.8. The molecule has 1 aromatic heterocycles. The second kappa shape index (κ2) is 6.44. The highest BCUT2D eigenvalue weighted by molar-refractivity contribution is 7.91. The number of halogens is 1. The first kappa shape index (κ1) is 17.9. The van der Waals surface area contributed by atoms with Gasteiger partial charge in [0.05, 0.1) is 16.3 Å². The fourth-order valence-electron chi connectivity index (χ4n) is 2.68. The molecule has 0 saturated heterocycles. The van der Waals surface area contributed by atoms with Crippen LogP contribution >= 0.6 is 11.6 Å². The number of rotatable bonds is 4. The summed E-state index contributed by atoms with van der Waals surface area (Å²) >= 11 is 6.05. The van der Waals surface area contributed by atoms with E-state index in [0.717, 1.165) is 0 Å². The molecule has 0 spiro atoms. The van der Waals surface area contributed by atoms with Crippen molar-refractivity contribution in [3.63, 3.8) is 0 Å². The first-order valence-corrected chi connectivity index (χ1v) is 9.65. The number of aliphatic imine (C=N–C) groups is 1. The SMILES string of the molecule is Cc1cc(S(=O)(=O)CC2N=C(c3c(C)noc3C)ON2)c(C)cc1Cl. The van der Waals surface area contributed by atoms with E-state index in [1.807, 2.05) is 0 Å². The fraction of sp³-hybridized carbons (Fsp3) is 0.375. The number of benzene rings is 1. The molecule has 1 aromatic carbocycles. The average Bonchev–Trinajstić information content (AvgIpc) is 3.08. The normalized spacial score (nSPS) is 17.5. The molecule has 1 aliphatic rings. The smallest absolute Gasteiger partial charge is 0.247 e. The third kappa shape index (κ3) is 3.42. The lowest BCUT2D eigenvalue weighted by atomic mass is 10.2. The van der Waals surface area contributed by atoms with Crippen molar-refractivity contribution < 1.29 is 17.8 Å². The maximum absolute atomic E-state index is 12.8. The summed E-state index contributed by atoms with van der Waals surface area (Å²) in [6.07, 6.45) is -0.718. The van der Waals surface area contributed by atoms with E-state index >= 15 is 0 Å². The number of hydroxylamine groups is 1. The van der Waals surface area contributed by atoms with E-state index in [4.69, 9.17) is 21.0 Å². The Bertz CT molecular complexity index is 946. The summed E-state index contributed by atoms with van der Waals surface area (Å²) in [7, 11) is -3.57. The molecule has 134 valence electrons. The predicted molar refractivity (Wildman–Crippen MR) is 93.5 cm³/mol. The fourth-order valence-corrected chi connectivity index (χ4v) is 4.54. The lowest BCUT2D eigenvalue weighted by Gasteiger charge is -2.11. The van der Waals surface area contributed by atoms with Gasteiger partial charge in [-0.2, -0.15) is 0 Å². The minimum Gasteiger partial charge on any atom is -0.386 e. The van der Waals surface area contributed by atoms with E-state index in [2.05, 4.69) is 15.6 Å². The van der Waals surface area contributed by atoms with Gasteiger partial charge < -0.3 is 9.36 Å². The highest BCUT2D eigenvalue weighted by atomic mass is 35.5. The van der Waals surface area contributed by atoms with Crippen molar-refractivity contribution >= 4 is 27.3 Å². The molecule has 9 heteroatoms. The second-order valence-corrected chi connectivity index (χ2v) is 8.43. The van der Waals surface area contributed by atoms with Gasteiger partial charge in [0.2, 0.25) is 5.90 Å². The number of hydrogen-bond donors (Lipinski definition) is 1. The Morgan fingerprint density at radius 2 is 1.92 bits per heavy atom. The summed E-state index contributed by atoms with van der Waals surface area (Å²) in [6.45, 7) is 6.99. The third-order valence-corrected chi connectivity index (χ3v) is 6.25. The first-order valence-electron chi connectivity index (χ1n) is 7.62. The Morgan fingerprint density at radius 3 is 2.56 bits per heavy atom. The Labute approximate surface area is 150 Å². The van der Waals surface area contributed by atoms with E-state index in [9.17, 15) is 8.42 Å².